The molecule has 1 amide bonds. The maximum atomic E-state index is 14.3. The van der Waals surface area contributed by atoms with E-state index in [1.165, 1.54) is 10.6 Å². The second kappa shape index (κ2) is 4.65. The van der Waals surface area contributed by atoms with Gasteiger partial charge in [-0.05, 0) is 36.2 Å². The van der Waals surface area contributed by atoms with E-state index in [1.807, 2.05) is 0 Å². The lowest BCUT2D eigenvalue weighted by molar-refractivity contribution is 0.0990. The van der Waals surface area contributed by atoms with E-state index in [0.717, 1.165) is 12.1 Å². The number of hydrogen-bond acceptors (Lipinski definition) is 1. The summed E-state index contributed by atoms with van der Waals surface area (Å²) in [6.45, 7) is 1.69. The number of fused-ring (bicyclic) bond motifs is 1. The lowest BCUT2D eigenvalue weighted by atomic mass is 9.93. The Bertz CT molecular complexity index is 739. The maximum absolute atomic E-state index is 14.3. The average Bonchev–Trinajstić information content (AvgIpc) is 2.85. The third kappa shape index (κ3) is 2.02. The summed E-state index contributed by atoms with van der Waals surface area (Å²) in [4.78, 5) is 11.5. The molecule has 3 rings (SSSR count). The van der Waals surface area contributed by atoms with Gasteiger partial charge in [-0.25, -0.2) is 13.2 Å². The van der Waals surface area contributed by atoms with Crippen molar-refractivity contribution in [1.82, 2.24) is 4.57 Å². The van der Waals surface area contributed by atoms with E-state index in [2.05, 4.69) is 0 Å². The summed E-state index contributed by atoms with van der Waals surface area (Å²) in [5.41, 5.74) is 7.12. The normalized spacial score (nSPS) is 20.6. The Morgan fingerprint density at radius 1 is 1.29 bits per heavy atom. The van der Waals surface area contributed by atoms with Crippen LogP contribution in [0.15, 0.2) is 24.3 Å². The van der Waals surface area contributed by atoms with E-state index in [0.29, 0.717) is 16.8 Å². The van der Waals surface area contributed by atoms with Crippen LogP contribution in [0, 0.1) is 18.6 Å². The summed E-state index contributed by atoms with van der Waals surface area (Å²) in [7, 11) is 0. The number of carbonyl (C=O) groups excluding carboxylic acids is 1. The maximum Gasteiger partial charge on any atom is 0.265 e. The molecule has 3 nitrogen and oxygen atoms in total. The number of halogens is 3. The van der Waals surface area contributed by atoms with Gasteiger partial charge in [-0.15, -0.1) is 0 Å². The number of aryl methyl sites for hydroxylation is 1. The first-order chi connectivity index (χ1) is 9.90. The van der Waals surface area contributed by atoms with Crippen molar-refractivity contribution in [2.24, 2.45) is 5.73 Å². The summed E-state index contributed by atoms with van der Waals surface area (Å²) in [6, 6.07) is 5.00. The highest BCUT2D eigenvalue weighted by Crippen LogP contribution is 2.39. The van der Waals surface area contributed by atoms with Gasteiger partial charge in [-0.3, -0.25) is 4.79 Å². The largest absolute Gasteiger partial charge is 0.364 e. The van der Waals surface area contributed by atoms with Gasteiger partial charge in [0.15, 0.2) is 11.6 Å². The zero-order chi connectivity index (χ0) is 15.3. The number of amides is 1. The number of benzene rings is 1. The molecule has 0 saturated heterocycles. The minimum atomic E-state index is -1.32. The molecule has 1 aliphatic heterocycles. The minimum Gasteiger partial charge on any atom is -0.364 e. The van der Waals surface area contributed by atoms with Crippen molar-refractivity contribution in [2.45, 2.75) is 25.6 Å². The van der Waals surface area contributed by atoms with E-state index in [1.54, 1.807) is 13.0 Å². The molecule has 0 bridgehead atoms. The lowest BCUT2D eigenvalue weighted by Crippen LogP contribution is -2.18. The predicted molar refractivity (Wildman–Crippen MR) is 70.8 cm³/mol. The zero-order valence-corrected chi connectivity index (χ0v) is 11.2. The molecule has 0 fully saturated rings. The van der Waals surface area contributed by atoms with Gasteiger partial charge in [0.1, 0.15) is 11.9 Å². The number of rotatable bonds is 2. The number of alkyl halides is 1. The number of primary amides is 1. The van der Waals surface area contributed by atoms with Crippen molar-refractivity contribution in [3.05, 3.63) is 58.4 Å². The van der Waals surface area contributed by atoms with Gasteiger partial charge < -0.3 is 10.3 Å². The monoisotopic (exact) mass is 294 g/mol. The molecule has 0 spiro atoms. The highest BCUT2D eigenvalue weighted by atomic mass is 19.2. The molecule has 2 heterocycles. The van der Waals surface area contributed by atoms with Gasteiger partial charge in [-0.1, -0.05) is 6.07 Å². The Morgan fingerprint density at radius 3 is 2.62 bits per heavy atom. The van der Waals surface area contributed by atoms with Crippen LogP contribution in [0.1, 0.15) is 33.2 Å². The van der Waals surface area contributed by atoms with Gasteiger partial charge in [0, 0.05) is 5.69 Å². The van der Waals surface area contributed by atoms with E-state index in [4.69, 9.17) is 5.73 Å². The second-order valence-corrected chi connectivity index (χ2v) is 5.24. The molecule has 2 aromatic rings. The van der Waals surface area contributed by atoms with Crippen LogP contribution in [0.3, 0.4) is 0 Å². The van der Waals surface area contributed by atoms with Crippen molar-refractivity contribution in [3.63, 3.8) is 0 Å². The van der Waals surface area contributed by atoms with E-state index >= 15 is 0 Å². The summed E-state index contributed by atoms with van der Waals surface area (Å²) in [5.74, 6) is -3.35. The highest BCUT2D eigenvalue weighted by Gasteiger charge is 2.37. The van der Waals surface area contributed by atoms with Gasteiger partial charge in [0.2, 0.25) is 0 Å². The van der Waals surface area contributed by atoms with Gasteiger partial charge in [0.05, 0.1) is 12.5 Å². The highest BCUT2D eigenvalue weighted by molar-refractivity contribution is 5.93. The third-order valence-corrected chi connectivity index (χ3v) is 3.89. The van der Waals surface area contributed by atoms with Crippen LogP contribution in [0.2, 0.25) is 0 Å². The first kappa shape index (κ1) is 13.7. The fourth-order valence-electron chi connectivity index (χ4n) is 3.04. The second-order valence-electron chi connectivity index (χ2n) is 5.24. The lowest BCUT2D eigenvalue weighted by Gasteiger charge is -2.13. The standard InChI is InChI=1S/C15H13F3N2O/c1-7-4-12-13(8-2-3-9(16)10(17)5-8)11(18)6-20(12)14(7)15(19)21/h2-5,11,13H,6H2,1H3,(H2,19,21). The smallest absolute Gasteiger partial charge is 0.265 e. The van der Waals surface area contributed by atoms with E-state index in [9.17, 15) is 18.0 Å². The average molecular weight is 294 g/mol. The molecule has 0 radical (unpaired) electrons. The first-order valence-corrected chi connectivity index (χ1v) is 6.49. The van der Waals surface area contributed by atoms with Gasteiger partial charge in [0.25, 0.3) is 5.91 Å². The van der Waals surface area contributed by atoms with E-state index in [-0.39, 0.29) is 12.2 Å². The molecule has 2 unspecified atom stereocenters. The summed E-state index contributed by atoms with van der Waals surface area (Å²) in [5, 5.41) is 0. The fourth-order valence-corrected chi connectivity index (χ4v) is 3.04. The van der Waals surface area contributed by atoms with Crippen molar-refractivity contribution in [3.8, 4) is 0 Å². The number of nitrogens with zero attached hydrogens (tertiary/aromatic N) is 1. The van der Waals surface area contributed by atoms with E-state index < -0.39 is 29.6 Å². The molecule has 1 aromatic carbocycles. The third-order valence-electron chi connectivity index (χ3n) is 3.89. The SMILES string of the molecule is Cc1cc2n(c1C(N)=O)CC(F)C2c1ccc(F)c(F)c1. The summed E-state index contributed by atoms with van der Waals surface area (Å²) >= 11 is 0. The molecular weight excluding hydrogens is 281 g/mol. The Kier molecular flexibility index (Phi) is 3.04. The fraction of sp³-hybridized carbons (Fsp3) is 0.267. The Balaban J connectivity index is 2.12. The van der Waals surface area contributed by atoms with Crippen LogP contribution in [0.5, 0.6) is 0 Å². The number of nitrogens with two attached hydrogens (primary N) is 1. The van der Waals surface area contributed by atoms with Crippen molar-refractivity contribution >= 4 is 5.91 Å². The molecule has 1 aliphatic rings. The molecule has 1 aromatic heterocycles. The van der Waals surface area contributed by atoms with Crippen LogP contribution in [0.25, 0.3) is 0 Å². The van der Waals surface area contributed by atoms with Crippen LogP contribution in [-0.2, 0) is 6.54 Å². The van der Waals surface area contributed by atoms with Gasteiger partial charge >= 0.3 is 0 Å². The van der Waals surface area contributed by atoms with Crippen molar-refractivity contribution < 1.29 is 18.0 Å². The van der Waals surface area contributed by atoms with Crippen LogP contribution >= 0.6 is 0 Å². The van der Waals surface area contributed by atoms with Crippen LogP contribution in [0.4, 0.5) is 13.2 Å². The molecular formula is C15H13F3N2O. The first-order valence-electron chi connectivity index (χ1n) is 6.49. The van der Waals surface area contributed by atoms with Gasteiger partial charge in [-0.2, -0.15) is 0 Å². The minimum absolute atomic E-state index is 0.0227. The quantitative estimate of drug-likeness (QED) is 0.909. The topological polar surface area (TPSA) is 48.0 Å². The summed E-state index contributed by atoms with van der Waals surface area (Å²) in [6.07, 6.45) is -1.32. The molecule has 110 valence electrons. The zero-order valence-electron chi connectivity index (χ0n) is 11.2. The molecule has 0 aliphatic carbocycles. The number of carbonyl (C=O) groups is 1. The number of aromatic nitrogens is 1. The van der Waals surface area contributed by atoms with Crippen LogP contribution < -0.4 is 5.73 Å². The Morgan fingerprint density at radius 2 is 2.00 bits per heavy atom. The Hall–Kier alpha value is -2.24. The molecule has 2 N–H and O–H groups in total. The van der Waals surface area contributed by atoms with Crippen molar-refractivity contribution in [1.29, 1.82) is 0 Å². The molecule has 21 heavy (non-hydrogen) atoms. The Labute approximate surface area is 119 Å². The number of hydrogen-bond donors (Lipinski definition) is 1. The molecule has 2 atom stereocenters. The summed E-state index contributed by atoms with van der Waals surface area (Å²) < 4.78 is 42.2. The predicted octanol–water partition coefficient (Wildman–Crippen LogP) is 2.66. The molecule has 0 saturated carbocycles. The molecule has 6 heteroatoms. The van der Waals surface area contributed by atoms with Crippen molar-refractivity contribution in [2.75, 3.05) is 0 Å². The van der Waals surface area contributed by atoms with Crippen LogP contribution in [-0.4, -0.2) is 16.6 Å².